The molecule has 2 aliphatic rings. The fraction of sp³-hybridized carbons (Fsp3) is 1.00. The van der Waals surface area contributed by atoms with Gasteiger partial charge in [0.05, 0.1) is 18.3 Å². The Kier molecular flexibility index (Phi) is 4.19. The van der Waals surface area contributed by atoms with Gasteiger partial charge in [0.25, 0.3) is 0 Å². The number of rotatable bonds is 6. The smallest absolute Gasteiger partial charge is 0.0986 e. The molecule has 0 spiro atoms. The van der Waals surface area contributed by atoms with E-state index in [-0.39, 0.29) is 12.2 Å². The molecule has 0 aliphatic heterocycles. The lowest BCUT2D eigenvalue weighted by Gasteiger charge is -2.47. The first-order chi connectivity index (χ1) is 7.78. The van der Waals surface area contributed by atoms with Gasteiger partial charge in [0.15, 0.2) is 0 Å². The van der Waals surface area contributed by atoms with Gasteiger partial charge in [0.2, 0.25) is 0 Å². The SMILES string of the molecule is CCOC1CC(NC2CC(OC)C2)C1OC. The van der Waals surface area contributed by atoms with Gasteiger partial charge in [-0.1, -0.05) is 0 Å². The minimum Gasteiger partial charge on any atom is -0.381 e. The van der Waals surface area contributed by atoms with Gasteiger partial charge >= 0.3 is 0 Å². The summed E-state index contributed by atoms with van der Waals surface area (Å²) in [6, 6.07) is 1.07. The molecule has 3 atom stereocenters. The third-order valence-corrected chi connectivity index (χ3v) is 3.78. The van der Waals surface area contributed by atoms with Crippen molar-refractivity contribution in [3.8, 4) is 0 Å². The van der Waals surface area contributed by atoms with Crippen LogP contribution in [0, 0.1) is 0 Å². The predicted molar refractivity (Wildman–Crippen MR) is 61.6 cm³/mol. The number of hydrogen-bond donors (Lipinski definition) is 1. The van der Waals surface area contributed by atoms with Gasteiger partial charge in [0, 0.05) is 32.9 Å². The molecule has 2 saturated carbocycles. The van der Waals surface area contributed by atoms with Crippen LogP contribution in [0.15, 0.2) is 0 Å². The summed E-state index contributed by atoms with van der Waals surface area (Å²) in [5.41, 5.74) is 0. The molecule has 0 radical (unpaired) electrons. The normalized spacial score (nSPS) is 42.6. The van der Waals surface area contributed by atoms with Crippen LogP contribution in [0.3, 0.4) is 0 Å². The second kappa shape index (κ2) is 5.45. The van der Waals surface area contributed by atoms with Gasteiger partial charge in [-0.15, -0.1) is 0 Å². The average molecular weight is 229 g/mol. The van der Waals surface area contributed by atoms with Crippen LogP contribution in [-0.4, -0.2) is 51.2 Å². The lowest BCUT2D eigenvalue weighted by Crippen LogP contribution is -2.63. The third-order valence-electron chi connectivity index (χ3n) is 3.78. The summed E-state index contributed by atoms with van der Waals surface area (Å²) in [4.78, 5) is 0. The number of ether oxygens (including phenoxy) is 3. The van der Waals surface area contributed by atoms with Crippen molar-refractivity contribution in [2.75, 3.05) is 20.8 Å². The van der Waals surface area contributed by atoms with E-state index < -0.39 is 0 Å². The fourth-order valence-electron chi connectivity index (χ4n) is 2.63. The Morgan fingerprint density at radius 3 is 2.44 bits per heavy atom. The Labute approximate surface area is 97.6 Å². The Hall–Kier alpha value is -0.160. The van der Waals surface area contributed by atoms with Gasteiger partial charge in [-0.2, -0.15) is 0 Å². The maximum Gasteiger partial charge on any atom is 0.0986 e. The molecule has 16 heavy (non-hydrogen) atoms. The Balaban J connectivity index is 1.68. The van der Waals surface area contributed by atoms with Crippen LogP contribution in [0.2, 0.25) is 0 Å². The van der Waals surface area contributed by atoms with Gasteiger partial charge in [-0.3, -0.25) is 0 Å². The minimum atomic E-state index is 0.224. The second-order valence-corrected chi connectivity index (χ2v) is 4.73. The summed E-state index contributed by atoms with van der Waals surface area (Å²) in [6.07, 6.45) is 4.29. The highest BCUT2D eigenvalue weighted by molar-refractivity contribution is 5.00. The predicted octanol–water partition coefficient (Wildman–Crippen LogP) is 0.946. The van der Waals surface area contributed by atoms with Gasteiger partial charge in [-0.25, -0.2) is 0 Å². The standard InChI is InChI=1S/C12H23NO3/c1-4-16-11-7-10(12(11)15-3)13-8-5-9(6-8)14-2/h8-13H,4-7H2,1-3H3. The largest absolute Gasteiger partial charge is 0.381 e. The van der Waals surface area contributed by atoms with Crippen molar-refractivity contribution in [2.45, 2.75) is 56.6 Å². The monoisotopic (exact) mass is 229 g/mol. The summed E-state index contributed by atoms with van der Waals surface area (Å²) < 4.78 is 16.3. The molecule has 2 fully saturated rings. The molecule has 0 amide bonds. The Morgan fingerprint density at radius 1 is 1.12 bits per heavy atom. The Morgan fingerprint density at radius 2 is 1.88 bits per heavy atom. The molecule has 2 aliphatic carbocycles. The molecule has 0 aromatic heterocycles. The number of hydrogen-bond acceptors (Lipinski definition) is 4. The van der Waals surface area contributed by atoms with Crippen LogP contribution in [0.1, 0.15) is 26.2 Å². The summed E-state index contributed by atoms with van der Waals surface area (Å²) in [6.45, 7) is 2.80. The zero-order chi connectivity index (χ0) is 11.5. The lowest BCUT2D eigenvalue weighted by atomic mass is 9.81. The first-order valence-electron chi connectivity index (χ1n) is 6.21. The molecule has 2 rings (SSSR count). The zero-order valence-corrected chi connectivity index (χ0v) is 10.4. The molecule has 0 saturated heterocycles. The van der Waals surface area contributed by atoms with E-state index in [1.54, 1.807) is 14.2 Å². The van der Waals surface area contributed by atoms with Crippen LogP contribution in [0.5, 0.6) is 0 Å². The molecule has 4 nitrogen and oxygen atoms in total. The first-order valence-corrected chi connectivity index (χ1v) is 6.21. The van der Waals surface area contributed by atoms with Crippen molar-refractivity contribution in [1.82, 2.24) is 5.32 Å². The quantitative estimate of drug-likeness (QED) is 0.736. The van der Waals surface area contributed by atoms with Crippen molar-refractivity contribution < 1.29 is 14.2 Å². The lowest BCUT2D eigenvalue weighted by molar-refractivity contribution is -0.137. The van der Waals surface area contributed by atoms with E-state index in [4.69, 9.17) is 14.2 Å². The highest BCUT2D eigenvalue weighted by Gasteiger charge is 2.44. The Bertz CT molecular complexity index is 218. The van der Waals surface area contributed by atoms with E-state index >= 15 is 0 Å². The highest BCUT2D eigenvalue weighted by Crippen LogP contribution is 2.30. The van der Waals surface area contributed by atoms with E-state index in [2.05, 4.69) is 5.32 Å². The molecule has 3 unspecified atom stereocenters. The second-order valence-electron chi connectivity index (χ2n) is 4.73. The molecular formula is C12H23NO3. The van der Waals surface area contributed by atoms with E-state index in [1.165, 1.54) is 0 Å². The zero-order valence-electron chi connectivity index (χ0n) is 10.4. The van der Waals surface area contributed by atoms with Crippen LogP contribution < -0.4 is 5.32 Å². The van der Waals surface area contributed by atoms with Crippen molar-refractivity contribution in [3.63, 3.8) is 0 Å². The van der Waals surface area contributed by atoms with E-state index in [9.17, 15) is 0 Å². The highest BCUT2D eigenvalue weighted by atomic mass is 16.5. The van der Waals surface area contributed by atoms with Crippen LogP contribution in [-0.2, 0) is 14.2 Å². The molecule has 0 aromatic rings. The molecule has 0 heterocycles. The minimum absolute atomic E-state index is 0.224. The van der Waals surface area contributed by atoms with Crippen molar-refractivity contribution in [1.29, 1.82) is 0 Å². The molecule has 0 bridgehead atoms. The first kappa shape index (κ1) is 12.3. The summed E-state index contributed by atoms with van der Waals surface area (Å²) in [7, 11) is 3.55. The fourth-order valence-corrected chi connectivity index (χ4v) is 2.63. The molecule has 94 valence electrons. The maximum absolute atomic E-state index is 5.60. The third kappa shape index (κ3) is 2.40. The summed E-state index contributed by atoms with van der Waals surface area (Å²) in [5, 5.41) is 3.62. The summed E-state index contributed by atoms with van der Waals surface area (Å²) >= 11 is 0. The van der Waals surface area contributed by atoms with E-state index in [0.717, 1.165) is 25.9 Å². The van der Waals surface area contributed by atoms with Crippen LogP contribution >= 0.6 is 0 Å². The molecule has 4 heteroatoms. The average Bonchev–Trinajstić information content (AvgIpc) is 2.19. The van der Waals surface area contributed by atoms with Gasteiger partial charge in [0.1, 0.15) is 0 Å². The van der Waals surface area contributed by atoms with Crippen LogP contribution in [0.4, 0.5) is 0 Å². The van der Waals surface area contributed by atoms with E-state index in [1.807, 2.05) is 6.92 Å². The topological polar surface area (TPSA) is 39.7 Å². The molecular weight excluding hydrogens is 206 g/mol. The summed E-state index contributed by atoms with van der Waals surface area (Å²) in [5.74, 6) is 0. The van der Waals surface area contributed by atoms with Crippen molar-refractivity contribution >= 4 is 0 Å². The number of nitrogens with one attached hydrogen (secondary N) is 1. The molecule has 0 aromatic carbocycles. The van der Waals surface area contributed by atoms with Gasteiger partial charge < -0.3 is 19.5 Å². The van der Waals surface area contributed by atoms with E-state index in [0.29, 0.717) is 18.2 Å². The van der Waals surface area contributed by atoms with Gasteiger partial charge in [-0.05, 0) is 26.2 Å². The van der Waals surface area contributed by atoms with Crippen molar-refractivity contribution in [3.05, 3.63) is 0 Å². The molecule has 1 N–H and O–H groups in total. The number of methoxy groups -OCH3 is 2. The van der Waals surface area contributed by atoms with Crippen molar-refractivity contribution in [2.24, 2.45) is 0 Å². The maximum atomic E-state index is 5.60. The van der Waals surface area contributed by atoms with Crippen LogP contribution in [0.25, 0.3) is 0 Å².